The van der Waals surface area contributed by atoms with Crippen molar-refractivity contribution in [1.29, 1.82) is 0 Å². The van der Waals surface area contributed by atoms with E-state index in [1.165, 1.54) is 25.3 Å². The molecule has 2 aromatic carbocycles. The van der Waals surface area contributed by atoms with Crippen LogP contribution in [-0.4, -0.2) is 34.6 Å². The summed E-state index contributed by atoms with van der Waals surface area (Å²) in [7, 11) is -2.81. The van der Waals surface area contributed by atoms with E-state index in [4.69, 9.17) is 9.47 Å². The van der Waals surface area contributed by atoms with Crippen LogP contribution in [0.15, 0.2) is 41.3 Å². The summed E-state index contributed by atoms with van der Waals surface area (Å²) in [5.41, 5.74) is 0.0662. The molecule has 156 valence electrons. The highest BCUT2D eigenvalue weighted by Gasteiger charge is 2.37. The summed E-state index contributed by atoms with van der Waals surface area (Å²) in [4.78, 5) is 14.0. The maximum atomic E-state index is 13.6. The maximum absolute atomic E-state index is 13.6. The third-order valence-electron chi connectivity index (χ3n) is 4.65. The lowest BCUT2D eigenvalue weighted by molar-refractivity contribution is -0.127. The number of amides is 1. The van der Waals surface area contributed by atoms with Gasteiger partial charge >= 0.3 is 0 Å². The zero-order chi connectivity index (χ0) is 21.4. The number of rotatable bonds is 5. The number of ether oxygens (including phenoxy) is 2. The smallest absolute Gasteiger partial charge is 0.265 e. The number of fused-ring (bicyclic) bond motifs is 1. The number of anilines is 2. The van der Waals surface area contributed by atoms with E-state index in [1.807, 2.05) is 6.92 Å². The molecule has 0 aliphatic carbocycles. The quantitative estimate of drug-likeness (QED) is 0.798. The number of hydrogen-bond acceptors (Lipinski definition) is 5. The Kier molecular flexibility index (Phi) is 5.44. The van der Waals surface area contributed by atoms with Crippen molar-refractivity contribution in [3.8, 4) is 11.5 Å². The number of carbonyl (C=O) groups excluding carboxylic acids is 1. The van der Waals surface area contributed by atoms with E-state index in [9.17, 15) is 17.6 Å². The Hall–Kier alpha value is -2.81. The Morgan fingerprint density at radius 2 is 1.97 bits per heavy atom. The number of carbonyl (C=O) groups is 1. The molecule has 1 amide bonds. The number of hydrogen-bond donors (Lipinski definition) is 1. The molecule has 1 heterocycles. The van der Waals surface area contributed by atoms with E-state index in [2.05, 4.69) is 4.72 Å². The molecule has 1 N–H and O–H groups in total. The molecule has 2 aromatic rings. The van der Waals surface area contributed by atoms with Crippen molar-refractivity contribution in [1.82, 2.24) is 0 Å². The molecule has 1 aliphatic heterocycles. The number of benzene rings is 2. The van der Waals surface area contributed by atoms with Crippen molar-refractivity contribution in [2.24, 2.45) is 5.41 Å². The molecular formula is C20H23FN2O5S. The molecule has 9 heteroatoms. The van der Waals surface area contributed by atoms with E-state index < -0.39 is 21.3 Å². The van der Waals surface area contributed by atoms with Crippen molar-refractivity contribution in [3.05, 3.63) is 42.2 Å². The Morgan fingerprint density at radius 1 is 1.24 bits per heavy atom. The fraction of sp³-hybridized carbons (Fsp3) is 0.350. The Bertz CT molecular complexity index is 1050. The number of nitrogens with zero attached hydrogens (tertiary/aromatic N) is 1. The van der Waals surface area contributed by atoms with Gasteiger partial charge in [-0.15, -0.1) is 0 Å². The third-order valence-corrected chi connectivity index (χ3v) is 6.05. The summed E-state index contributed by atoms with van der Waals surface area (Å²) in [6.45, 7) is 6.05. The molecule has 0 saturated carbocycles. The van der Waals surface area contributed by atoms with Crippen LogP contribution < -0.4 is 19.1 Å². The largest absolute Gasteiger partial charge is 0.495 e. The lowest BCUT2D eigenvalue weighted by atomic mass is 9.93. The molecule has 0 saturated heterocycles. The second kappa shape index (κ2) is 7.55. The predicted molar refractivity (Wildman–Crippen MR) is 108 cm³/mol. The van der Waals surface area contributed by atoms with E-state index in [0.717, 1.165) is 12.1 Å². The Labute approximate surface area is 169 Å². The Balaban J connectivity index is 1.98. The fourth-order valence-corrected chi connectivity index (χ4v) is 4.33. The van der Waals surface area contributed by atoms with Crippen LogP contribution >= 0.6 is 0 Å². The number of halogens is 1. The lowest BCUT2D eigenvalue weighted by Gasteiger charge is -2.26. The Morgan fingerprint density at radius 3 is 2.62 bits per heavy atom. The van der Waals surface area contributed by atoms with Crippen molar-refractivity contribution in [2.45, 2.75) is 25.7 Å². The van der Waals surface area contributed by atoms with Gasteiger partial charge in [0.2, 0.25) is 5.91 Å². The standard InChI is InChI=1S/C20H23FN2O5S/c1-5-23-15-8-7-14(11-17(15)28-12-20(2,3)19(23)24)22-29(25,26)18-10-13(21)6-9-16(18)27-4/h6-11,22H,5,12H2,1-4H3. The van der Waals surface area contributed by atoms with Gasteiger partial charge in [-0.05, 0) is 51.1 Å². The first-order valence-electron chi connectivity index (χ1n) is 9.04. The van der Waals surface area contributed by atoms with Gasteiger partial charge in [0.15, 0.2) is 0 Å². The van der Waals surface area contributed by atoms with E-state index in [0.29, 0.717) is 18.0 Å². The van der Waals surface area contributed by atoms with E-state index >= 15 is 0 Å². The first-order valence-corrected chi connectivity index (χ1v) is 10.5. The highest BCUT2D eigenvalue weighted by atomic mass is 32.2. The van der Waals surface area contributed by atoms with Crippen molar-refractivity contribution < 1.29 is 27.1 Å². The van der Waals surface area contributed by atoms with Gasteiger partial charge in [-0.25, -0.2) is 12.8 Å². The van der Waals surface area contributed by atoms with Crippen LogP contribution in [0.3, 0.4) is 0 Å². The molecule has 0 radical (unpaired) electrons. The van der Waals surface area contributed by atoms with Crippen molar-refractivity contribution in [3.63, 3.8) is 0 Å². The van der Waals surface area contributed by atoms with Gasteiger partial charge in [0.1, 0.15) is 28.8 Å². The van der Waals surface area contributed by atoms with Gasteiger partial charge in [0, 0.05) is 12.6 Å². The highest BCUT2D eigenvalue weighted by Crippen LogP contribution is 2.38. The molecule has 3 rings (SSSR count). The van der Waals surface area contributed by atoms with Gasteiger partial charge in [-0.1, -0.05) is 0 Å². The van der Waals surface area contributed by atoms with Crippen LogP contribution in [0, 0.1) is 11.2 Å². The van der Waals surface area contributed by atoms with Crippen LogP contribution in [0.5, 0.6) is 11.5 Å². The van der Waals surface area contributed by atoms with Crippen LogP contribution in [0.25, 0.3) is 0 Å². The van der Waals surface area contributed by atoms with Crippen LogP contribution in [-0.2, 0) is 14.8 Å². The minimum Gasteiger partial charge on any atom is -0.495 e. The van der Waals surface area contributed by atoms with Crippen LogP contribution in [0.1, 0.15) is 20.8 Å². The van der Waals surface area contributed by atoms with Crippen LogP contribution in [0.2, 0.25) is 0 Å². The molecule has 7 nitrogen and oxygen atoms in total. The van der Waals surface area contributed by atoms with Gasteiger partial charge in [0.25, 0.3) is 10.0 Å². The summed E-state index contributed by atoms with van der Waals surface area (Å²) in [6, 6.07) is 7.92. The molecule has 0 aromatic heterocycles. The summed E-state index contributed by atoms with van der Waals surface area (Å²) < 4.78 is 52.4. The van der Waals surface area contributed by atoms with E-state index in [1.54, 1.807) is 24.8 Å². The summed E-state index contributed by atoms with van der Waals surface area (Å²) in [5, 5.41) is 0. The maximum Gasteiger partial charge on any atom is 0.265 e. The minimum atomic E-state index is -4.12. The predicted octanol–water partition coefficient (Wildman–Crippen LogP) is 3.41. The fourth-order valence-electron chi connectivity index (χ4n) is 3.10. The average Bonchev–Trinajstić information content (AvgIpc) is 2.76. The van der Waals surface area contributed by atoms with Crippen LogP contribution in [0.4, 0.5) is 15.8 Å². The SMILES string of the molecule is CCN1C(=O)C(C)(C)COc2cc(NS(=O)(=O)c3cc(F)ccc3OC)ccc21. The van der Waals surface area contributed by atoms with Crippen molar-refractivity contribution in [2.75, 3.05) is 29.9 Å². The molecule has 0 unspecified atom stereocenters. The zero-order valence-corrected chi connectivity index (χ0v) is 17.5. The van der Waals surface area contributed by atoms with Crippen molar-refractivity contribution >= 4 is 27.3 Å². The number of sulfonamides is 1. The molecule has 0 bridgehead atoms. The topological polar surface area (TPSA) is 84.9 Å². The summed E-state index contributed by atoms with van der Waals surface area (Å²) >= 11 is 0. The third kappa shape index (κ3) is 4.00. The average molecular weight is 422 g/mol. The molecule has 1 aliphatic rings. The second-order valence-corrected chi connectivity index (χ2v) is 8.96. The zero-order valence-electron chi connectivity index (χ0n) is 16.7. The van der Waals surface area contributed by atoms with Gasteiger partial charge in [-0.2, -0.15) is 0 Å². The lowest BCUT2D eigenvalue weighted by Crippen LogP contribution is -2.42. The molecule has 0 fully saturated rings. The normalized spacial score (nSPS) is 15.9. The molecule has 0 atom stereocenters. The molecular weight excluding hydrogens is 399 g/mol. The highest BCUT2D eigenvalue weighted by molar-refractivity contribution is 7.92. The first-order chi connectivity index (χ1) is 13.6. The van der Waals surface area contributed by atoms with Gasteiger partial charge in [-0.3, -0.25) is 9.52 Å². The van der Waals surface area contributed by atoms with Gasteiger partial charge < -0.3 is 14.4 Å². The summed E-state index contributed by atoms with van der Waals surface area (Å²) in [5.74, 6) is -0.362. The van der Waals surface area contributed by atoms with E-state index in [-0.39, 0.29) is 28.8 Å². The van der Waals surface area contributed by atoms with Gasteiger partial charge in [0.05, 0.1) is 23.9 Å². The second-order valence-electron chi connectivity index (χ2n) is 7.31. The number of methoxy groups -OCH3 is 1. The monoisotopic (exact) mass is 422 g/mol. The summed E-state index contributed by atoms with van der Waals surface area (Å²) in [6.07, 6.45) is 0. The molecule has 29 heavy (non-hydrogen) atoms. The first kappa shape index (κ1) is 20.9. The number of nitrogens with one attached hydrogen (secondary N) is 1. The minimum absolute atomic E-state index is 0.0226. The molecule has 0 spiro atoms.